The van der Waals surface area contributed by atoms with Gasteiger partial charge in [-0.1, -0.05) is 71.4 Å². The van der Waals surface area contributed by atoms with E-state index in [1.54, 1.807) is 0 Å². The lowest BCUT2D eigenvalue weighted by Gasteiger charge is -2.29. The van der Waals surface area contributed by atoms with Crippen molar-refractivity contribution in [1.29, 1.82) is 0 Å². The Balaban J connectivity index is 1.56. The second-order valence-corrected chi connectivity index (χ2v) is 11.7. The molecule has 1 aromatic heterocycles. The average molecular weight is 598 g/mol. The van der Waals surface area contributed by atoms with Crippen LogP contribution in [0.3, 0.4) is 0 Å². The number of nitrogens with zero attached hydrogens (tertiary/aromatic N) is 3. The maximum atomic E-state index is 14.5. The van der Waals surface area contributed by atoms with Crippen LogP contribution in [-0.4, -0.2) is 35.7 Å². The maximum Gasteiger partial charge on any atom is 0.206 e. The molecule has 1 saturated heterocycles. The number of piperazine rings is 1. The number of benzene rings is 4. The fourth-order valence-corrected chi connectivity index (χ4v) is 6.16. The van der Waals surface area contributed by atoms with Crippen LogP contribution in [0.5, 0.6) is 0 Å². The molecule has 1 aliphatic rings. The van der Waals surface area contributed by atoms with Crippen LogP contribution >= 0.6 is 23.2 Å². The molecule has 0 unspecified atom stereocenters. The number of anilines is 1. The molecule has 4 nitrogen and oxygen atoms in total. The first kappa shape index (κ1) is 28.3. The van der Waals surface area contributed by atoms with Crippen molar-refractivity contribution in [2.24, 2.45) is 0 Å². The van der Waals surface area contributed by atoms with Crippen LogP contribution in [-0.2, 0) is 6.54 Å². The number of rotatable bonds is 4. The highest BCUT2D eigenvalue weighted by Gasteiger charge is 2.23. The van der Waals surface area contributed by atoms with Gasteiger partial charge in [-0.2, -0.15) is 0 Å². The summed E-state index contributed by atoms with van der Waals surface area (Å²) in [6.07, 6.45) is 0. The van der Waals surface area contributed by atoms with Crippen molar-refractivity contribution in [3.05, 3.63) is 116 Å². The minimum atomic E-state index is -0.160. The van der Waals surface area contributed by atoms with Crippen molar-refractivity contribution >= 4 is 40.2 Å². The molecule has 6 rings (SSSR count). The first-order valence-electron chi connectivity index (χ1n) is 14.1. The molecule has 5 aromatic rings. The standard InChI is InChI=1S/C35H31Cl2FN4/c1-22-7-6-9-27(12-11-26-8-4-5-10-30(26)37)32(22)29-19-28(36)20-31-34(29)40-35(41-15-13-39-14-16-41)42(31)21-25-17-23(2)33(38)24(3)18-25/h4-10,17-20,39H,13-16,21H2,1-3H3. The molecule has 1 fully saturated rings. The Morgan fingerprint density at radius 3 is 2.29 bits per heavy atom. The van der Waals surface area contributed by atoms with Gasteiger partial charge in [-0.05, 0) is 73.4 Å². The zero-order chi connectivity index (χ0) is 29.4. The molecule has 1 aliphatic heterocycles. The van der Waals surface area contributed by atoms with Gasteiger partial charge in [0.1, 0.15) is 5.82 Å². The summed E-state index contributed by atoms with van der Waals surface area (Å²) < 4.78 is 16.7. The summed E-state index contributed by atoms with van der Waals surface area (Å²) in [6.45, 7) is 9.70. The van der Waals surface area contributed by atoms with E-state index in [0.29, 0.717) is 27.7 Å². The van der Waals surface area contributed by atoms with Gasteiger partial charge in [-0.3, -0.25) is 0 Å². The van der Waals surface area contributed by atoms with Crippen LogP contribution in [0.25, 0.3) is 22.2 Å². The van der Waals surface area contributed by atoms with Crippen LogP contribution in [0, 0.1) is 38.4 Å². The quantitative estimate of drug-likeness (QED) is 0.214. The molecule has 42 heavy (non-hydrogen) atoms. The van der Waals surface area contributed by atoms with Crippen LogP contribution in [0.4, 0.5) is 10.3 Å². The molecule has 4 aromatic carbocycles. The van der Waals surface area contributed by atoms with Gasteiger partial charge in [0, 0.05) is 53.5 Å². The number of fused-ring (bicyclic) bond motifs is 1. The second-order valence-electron chi connectivity index (χ2n) is 10.8. The number of aromatic nitrogens is 2. The van der Waals surface area contributed by atoms with Gasteiger partial charge < -0.3 is 14.8 Å². The second kappa shape index (κ2) is 11.8. The SMILES string of the molecule is Cc1cc(Cn2c(N3CCNCC3)nc3c(-c4c(C)cccc4C#Cc4ccccc4Cl)cc(Cl)cc32)cc(C)c1F. The third kappa shape index (κ3) is 5.51. The third-order valence-electron chi connectivity index (χ3n) is 7.78. The van der Waals surface area contributed by atoms with Gasteiger partial charge in [-0.25, -0.2) is 9.37 Å². The van der Waals surface area contributed by atoms with Gasteiger partial charge >= 0.3 is 0 Å². The summed E-state index contributed by atoms with van der Waals surface area (Å²) in [5, 5.41) is 4.67. The largest absolute Gasteiger partial charge is 0.340 e. The van der Waals surface area contributed by atoms with E-state index in [0.717, 1.165) is 76.5 Å². The van der Waals surface area contributed by atoms with E-state index in [9.17, 15) is 4.39 Å². The molecule has 0 saturated carbocycles. The molecule has 7 heteroatoms. The highest BCUT2D eigenvalue weighted by molar-refractivity contribution is 6.32. The zero-order valence-electron chi connectivity index (χ0n) is 23.9. The van der Waals surface area contributed by atoms with Crippen molar-refractivity contribution in [3.8, 4) is 23.0 Å². The third-order valence-corrected chi connectivity index (χ3v) is 8.33. The first-order valence-corrected chi connectivity index (χ1v) is 14.8. The molecule has 0 amide bonds. The molecular formula is C35H31Cl2FN4. The Morgan fingerprint density at radius 2 is 1.55 bits per heavy atom. The highest BCUT2D eigenvalue weighted by atomic mass is 35.5. The minimum Gasteiger partial charge on any atom is -0.340 e. The van der Waals surface area contributed by atoms with Crippen LogP contribution in [0.15, 0.2) is 66.7 Å². The minimum absolute atomic E-state index is 0.160. The Hall–Kier alpha value is -3.82. The first-order chi connectivity index (χ1) is 20.3. The fourth-order valence-electron chi connectivity index (χ4n) is 5.77. The van der Waals surface area contributed by atoms with E-state index in [4.69, 9.17) is 28.2 Å². The number of nitrogens with one attached hydrogen (secondary N) is 1. The van der Waals surface area contributed by atoms with Gasteiger partial charge in [0.05, 0.1) is 22.6 Å². The van der Waals surface area contributed by atoms with E-state index in [1.165, 1.54) is 0 Å². The normalized spacial score (nSPS) is 13.3. The number of hydrogen-bond acceptors (Lipinski definition) is 3. The Kier molecular flexibility index (Phi) is 7.96. The monoisotopic (exact) mass is 596 g/mol. The molecule has 0 aliphatic carbocycles. The van der Waals surface area contributed by atoms with E-state index >= 15 is 0 Å². The lowest BCUT2D eigenvalue weighted by molar-refractivity contribution is 0.571. The molecular weight excluding hydrogens is 566 g/mol. The van der Waals surface area contributed by atoms with Crippen molar-refractivity contribution < 1.29 is 4.39 Å². The van der Waals surface area contributed by atoms with Crippen molar-refractivity contribution in [2.75, 3.05) is 31.1 Å². The summed E-state index contributed by atoms with van der Waals surface area (Å²) in [6, 6.07) is 21.5. The zero-order valence-corrected chi connectivity index (χ0v) is 25.4. The van der Waals surface area contributed by atoms with E-state index < -0.39 is 0 Å². The number of halogens is 3. The van der Waals surface area contributed by atoms with Gasteiger partial charge in [0.15, 0.2) is 0 Å². The predicted octanol–water partition coefficient (Wildman–Crippen LogP) is 7.93. The van der Waals surface area contributed by atoms with Gasteiger partial charge in [0.25, 0.3) is 0 Å². The lowest BCUT2D eigenvalue weighted by Crippen LogP contribution is -2.44. The van der Waals surface area contributed by atoms with E-state index in [-0.39, 0.29) is 5.82 Å². The van der Waals surface area contributed by atoms with Crippen molar-refractivity contribution in [2.45, 2.75) is 27.3 Å². The summed E-state index contributed by atoms with van der Waals surface area (Å²) in [5.41, 5.74) is 8.74. The molecule has 0 atom stereocenters. The smallest absolute Gasteiger partial charge is 0.206 e. The van der Waals surface area contributed by atoms with Crippen molar-refractivity contribution in [1.82, 2.24) is 14.9 Å². The molecule has 212 valence electrons. The predicted molar refractivity (Wildman–Crippen MR) is 172 cm³/mol. The summed E-state index contributed by atoms with van der Waals surface area (Å²) in [5.74, 6) is 7.35. The number of aryl methyl sites for hydroxylation is 3. The molecule has 0 spiro atoms. The highest BCUT2D eigenvalue weighted by Crippen LogP contribution is 2.38. The lowest BCUT2D eigenvalue weighted by atomic mass is 9.94. The molecule has 1 N–H and O–H groups in total. The van der Waals surface area contributed by atoms with Crippen LogP contribution in [0.1, 0.15) is 33.4 Å². The van der Waals surface area contributed by atoms with Gasteiger partial charge in [0.2, 0.25) is 5.95 Å². The molecule has 2 heterocycles. The van der Waals surface area contributed by atoms with Crippen molar-refractivity contribution in [3.63, 3.8) is 0 Å². The molecule has 0 bridgehead atoms. The van der Waals surface area contributed by atoms with Gasteiger partial charge in [-0.15, -0.1) is 0 Å². The fraction of sp³-hybridized carbons (Fsp3) is 0.229. The average Bonchev–Trinajstić information content (AvgIpc) is 3.33. The maximum absolute atomic E-state index is 14.5. The summed E-state index contributed by atoms with van der Waals surface area (Å²) in [4.78, 5) is 7.60. The number of hydrogen-bond donors (Lipinski definition) is 1. The Morgan fingerprint density at radius 1 is 0.857 bits per heavy atom. The van der Waals surface area contributed by atoms with E-state index in [2.05, 4.69) is 39.6 Å². The van der Waals surface area contributed by atoms with Crippen LogP contribution < -0.4 is 10.2 Å². The van der Waals surface area contributed by atoms with E-state index in [1.807, 2.05) is 74.5 Å². The summed E-state index contributed by atoms with van der Waals surface area (Å²) >= 11 is 13.2. The number of imidazole rings is 1. The Bertz CT molecular complexity index is 1850. The topological polar surface area (TPSA) is 33.1 Å². The van der Waals surface area contributed by atoms with Crippen LogP contribution in [0.2, 0.25) is 10.0 Å². The summed E-state index contributed by atoms with van der Waals surface area (Å²) in [7, 11) is 0. The Labute approximate surface area is 256 Å². The molecule has 0 radical (unpaired) electrons.